The Morgan fingerprint density at radius 1 is 1.44 bits per heavy atom. The largest absolute Gasteiger partial charge is 0.460 e. The van der Waals surface area contributed by atoms with Crippen molar-refractivity contribution in [3.05, 3.63) is 34.9 Å². The average Bonchev–Trinajstić information content (AvgIpc) is 2.62. The molecule has 1 aromatic heterocycles. The van der Waals surface area contributed by atoms with Crippen LogP contribution in [0.2, 0.25) is 0 Å². The molecular formula is C16H22FN3O7. The molecule has 0 aromatic carbocycles. The van der Waals surface area contributed by atoms with Crippen molar-refractivity contribution in [2.24, 2.45) is 0 Å². The second kappa shape index (κ2) is 10.4. The first-order valence-electron chi connectivity index (χ1n) is 7.89. The van der Waals surface area contributed by atoms with Gasteiger partial charge in [-0.1, -0.05) is 6.58 Å². The summed E-state index contributed by atoms with van der Waals surface area (Å²) >= 11 is 0. The third kappa shape index (κ3) is 7.15. The van der Waals surface area contributed by atoms with Crippen molar-refractivity contribution in [1.29, 1.82) is 0 Å². The summed E-state index contributed by atoms with van der Waals surface area (Å²) in [7, 11) is 0. The van der Waals surface area contributed by atoms with Crippen molar-refractivity contribution in [3.8, 4) is 0 Å². The Morgan fingerprint density at radius 3 is 2.67 bits per heavy atom. The summed E-state index contributed by atoms with van der Waals surface area (Å²) in [5, 5.41) is 9.05. The molecule has 3 atom stereocenters. The van der Waals surface area contributed by atoms with Gasteiger partial charge in [-0.2, -0.15) is 4.98 Å². The van der Waals surface area contributed by atoms with Gasteiger partial charge in [0.25, 0.3) is 0 Å². The Morgan fingerprint density at radius 2 is 2.11 bits per heavy atom. The first-order chi connectivity index (χ1) is 12.6. The molecule has 1 unspecified atom stereocenters. The fourth-order valence-electron chi connectivity index (χ4n) is 1.81. The normalized spacial score (nSPS) is 14.1. The highest BCUT2D eigenvalue weighted by Crippen LogP contribution is 2.17. The van der Waals surface area contributed by atoms with E-state index in [2.05, 4.69) is 16.3 Å². The number of aliphatic hydroxyl groups excluding tert-OH is 1. The molecule has 0 aliphatic heterocycles. The lowest BCUT2D eigenvalue weighted by molar-refractivity contribution is -0.164. The molecule has 0 spiro atoms. The maximum Gasteiger partial charge on any atom is 0.351 e. The lowest BCUT2D eigenvalue weighted by Crippen LogP contribution is -2.38. The van der Waals surface area contributed by atoms with Crippen LogP contribution in [0.4, 0.5) is 10.2 Å². The van der Waals surface area contributed by atoms with Gasteiger partial charge < -0.3 is 25.1 Å². The van der Waals surface area contributed by atoms with Crippen LogP contribution in [-0.2, 0) is 23.8 Å². The van der Waals surface area contributed by atoms with Gasteiger partial charge in [0.1, 0.15) is 12.4 Å². The van der Waals surface area contributed by atoms with Crippen molar-refractivity contribution in [2.75, 3.05) is 25.6 Å². The predicted molar refractivity (Wildman–Crippen MR) is 91.2 cm³/mol. The number of carbonyl (C=O) groups is 2. The quantitative estimate of drug-likeness (QED) is 0.409. The Hall–Kier alpha value is -2.79. The van der Waals surface area contributed by atoms with E-state index in [4.69, 9.17) is 20.3 Å². The van der Waals surface area contributed by atoms with Gasteiger partial charge in [0.05, 0.1) is 12.7 Å². The molecule has 0 aliphatic carbocycles. The van der Waals surface area contributed by atoms with Crippen molar-refractivity contribution in [3.63, 3.8) is 0 Å². The number of esters is 2. The van der Waals surface area contributed by atoms with Gasteiger partial charge in [0.2, 0.25) is 0 Å². The number of ether oxygens (including phenoxy) is 3. The molecule has 0 amide bonds. The topological polar surface area (TPSA) is 143 Å². The smallest absolute Gasteiger partial charge is 0.351 e. The summed E-state index contributed by atoms with van der Waals surface area (Å²) < 4.78 is 29.7. The van der Waals surface area contributed by atoms with E-state index in [1.165, 1.54) is 26.1 Å². The molecule has 11 heteroatoms. The highest BCUT2D eigenvalue weighted by molar-refractivity contribution is 5.88. The highest BCUT2D eigenvalue weighted by Gasteiger charge is 2.27. The minimum absolute atomic E-state index is 0.0549. The second-order valence-corrected chi connectivity index (χ2v) is 5.62. The van der Waals surface area contributed by atoms with E-state index in [9.17, 15) is 18.8 Å². The number of hydrogen-bond acceptors (Lipinski definition) is 9. The van der Waals surface area contributed by atoms with Crippen LogP contribution in [0.1, 0.15) is 20.1 Å². The van der Waals surface area contributed by atoms with E-state index in [1.54, 1.807) is 0 Å². The monoisotopic (exact) mass is 387 g/mol. The zero-order valence-corrected chi connectivity index (χ0v) is 15.0. The summed E-state index contributed by atoms with van der Waals surface area (Å²) in [6.07, 6.45) is -3.13. The number of carbonyl (C=O) groups excluding carboxylic acids is 2. The number of hydrogen-bond donors (Lipinski definition) is 2. The minimum atomic E-state index is -1.94. The fraction of sp³-hybridized carbons (Fsp3) is 0.500. The molecule has 1 heterocycles. The molecule has 10 nitrogen and oxygen atoms in total. The third-order valence-corrected chi connectivity index (χ3v) is 3.13. The maximum absolute atomic E-state index is 14.0. The Balaban J connectivity index is 2.66. The standard InChI is InChI=1S/C16H22FN3O7/c1-9(2)15(23)26-8-13(22)25-7-10(3)27-14(11(17)6-21)20-5-4-12(18)19-16(20)24/h4-5,10-11,14,21H,1,6-8H2,2-3H3,(H2,18,19,24)/t10?,11-,14-/m0/s1. The van der Waals surface area contributed by atoms with Crippen LogP contribution < -0.4 is 11.4 Å². The number of aromatic nitrogens is 2. The predicted octanol–water partition coefficient (Wildman–Crippen LogP) is -0.278. The molecule has 0 radical (unpaired) electrons. The molecule has 150 valence electrons. The molecule has 0 fully saturated rings. The fourth-order valence-corrected chi connectivity index (χ4v) is 1.81. The molecule has 3 N–H and O–H groups in total. The molecule has 0 aliphatic rings. The lowest BCUT2D eigenvalue weighted by atomic mass is 10.3. The van der Waals surface area contributed by atoms with E-state index in [0.717, 1.165) is 4.57 Å². The van der Waals surface area contributed by atoms with Gasteiger partial charge in [-0.15, -0.1) is 0 Å². The van der Waals surface area contributed by atoms with Gasteiger partial charge in [0.15, 0.2) is 19.0 Å². The van der Waals surface area contributed by atoms with Crippen LogP contribution in [0, 0.1) is 0 Å². The van der Waals surface area contributed by atoms with Crippen LogP contribution >= 0.6 is 0 Å². The van der Waals surface area contributed by atoms with Gasteiger partial charge >= 0.3 is 17.6 Å². The van der Waals surface area contributed by atoms with Gasteiger partial charge in [0, 0.05) is 11.8 Å². The van der Waals surface area contributed by atoms with E-state index < -0.39 is 49.3 Å². The molecule has 0 saturated heterocycles. The number of halogens is 1. The van der Waals surface area contributed by atoms with Crippen LogP contribution in [0.5, 0.6) is 0 Å². The minimum Gasteiger partial charge on any atom is -0.460 e. The number of rotatable bonds is 10. The Kier molecular flexibility index (Phi) is 8.56. The number of nitrogens with zero attached hydrogens (tertiary/aromatic N) is 2. The van der Waals surface area contributed by atoms with Gasteiger partial charge in [-0.3, -0.25) is 4.57 Å². The Bertz CT molecular complexity index is 737. The summed E-state index contributed by atoms with van der Waals surface area (Å²) in [6, 6.07) is 1.27. The summed E-state index contributed by atoms with van der Waals surface area (Å²) in [4.78, 5) is 38.0. The highest BCUT2D eigenvalue weighted by atomic mass is 19.1. The molecule has 27 heavy (non-hydrogen) atoms. The third-order valence-electron chi connectivity index (χ3n) is 3.13. The molecule has 0 bridgehead atoms. The van der Waals surface area contributed by atoms with Crippen LogP contribution in [0.15, 0.2) is 29.2 Å². The second-order valence-electron chi connectivity index (χ2n) is 5.62. The summed E-state index contributed by atoms with van der Waals surface area (Å²) in [6.45, 7) is 4.40. The number of nitrogens with two attached hydrogens (primary N) is 1. The van der Waals surface area contributed by atoms with Gasteiger partial charge in [-0.05, 0) is 19.9 Å². The summed E-state index contributed by atoms with van der Waals surface area (Å²) in [5.41, 5.74) is 4.64. The van der Waals surface area contributed by atoms with Crippen molar-refractivity contribution < 1.29 is 33.3 Å². The molecule has 1 rings (SSSR count). The van der Waals surface area contributed by atoms with Crippen LogP contribution in [-0.4, -0.2) is 58.7 Å². The number of anilines is 1. The average molecular weight is 387 g/mol. The van der Waals surface area contributed by atoms with E-state index in [-0.39, 0.29) is 18.0 Å². The van der Waals surface area contributed by atoms with Crippen LogP contribution in [0.25, 0.3) is 0 Å². The first-order valence-corrected chi connectivity index (χ1v) is 7.89. The van der Waals surface area contributed by atoms with E-state index >= 15 is 0 Å². The number of alkyl halides is 1. The summed E-state index contributed by atoms with van der Waals surface area (Å²) in [5.74, 6) is -1.64. The number of aliphatic hydroxyl groups is 1. The first kappa shape index (κ1) is 22.3. The zero-order chi connectivity index (χ0) is 20.6. The molecule has 0 saturated carbocycles. The van der Waals surface area contributed by atoms with E-state index in [0.29, 0.717) is 0 Å². The van der Waals surface area contributed by atoms with Gasteiger partial charge in [-0.25, -0.2) is 18.8 Å². The van der Waals surface area contributed by atoms with Crippen molar-refractivity contribution in [1.82, 2.24) is 9.55 Å². The van der Waals surface area contributed by atoms with E-state index in [1.807, 2.05) is 0 Å². The van der Waals surface area contributed by atoms with Crippen molar-refractivity contribution in [2.45, 2.75) is 32.4 Å². The van der Waals surface area contributed by atoms with Crippen molar-refractivity contribution >= 4 is 17.8 Å². The molecule has 1 aromatic rings. The Labute approximate surface area is 154 Å². The SMILES string of the molecule is C=C(C)C(=O)OCC(=O)OCC(C)O[C@@H]([C@@H](F)CO)n1ccc(N)nc1=O. The zero-order valence-electron chi connectivity index (χ0n) is 15.0. The number of nitrogen functional groups attached to an aromatic ring is 1. The molecular weight excluding hydrogens is 365 g/mol. The lowest BCUT2D eigenvalue weighted by Gasteiger charge is -2.25. The maximum atomic E-state index is 14.0. The van der Waals surface area contributed by atoms with Crippen LogP contribution in [0.3, 0.4) is 0 Å².